The molecule has 0 aliphatic heterocycles. The first-order chi connectivity index (χ1) is 7.60. The molecule has 0 unspecified atom stereocenters. The van der Waals surface area contributed by atoms with E-state index >= 15 is 0 Å². The first-order valence-electron chi connectivity index (χ1n) is 4.65. The Bertz CT molecular complexity index is 414. The van der Waals surface area contributed by atoms with Gasteiger partial charge < -0.3 is 9.47 Å². The Morgan fingerprint density at radius 2 is 2.06 bits per heavy atom. The molecule has 0 heterocycles. The number of hydrogen-bond donors (Lipinski definition) is 0. The van der Waals surface area contributed by atoms with Crippen LogP contribution in [0.3, 0.4) is 0 Å². The smallest absolute Gasteiger partial charge is 0.379 e. The fourth-order valence-electron chi connectivity index (χ4n) is 1.12. The molecule has 0 bridgehead atoms. The number of Topliss-reactive ketones (excluding diaryl/α,β-unsaturated/α-hetero) is 1. The third-order valence-electron chi connectivity index (χ3n) is 1.86. The third kappa shape index (κ3) is 2.82. The molecule has 0 aliphatic rings. The first-order valence-corrected chi connectivity index (χ1v) is 5.44. The van der Waals surface area contributed by atoms with E-state index in [0.29, 0.717) is 12.4 Å². The van der Waals surface area contributed by atoms with Crippen molar-refractivity contribution in [3.05, 3.63) is 28.2 Å². The van der Waals surface area contributed by atoms with Gasteiger partial charge in [0.25, 0.3) is 5.78 Å². The summed E-state index contributed by atoms with van der Waals surface area (Å²) in [5, 5.41) is 0. The van der Waals surface area contributed by atoms with Gasteiger partial charge in [0.05, 0.1) is 18.2 Å². The molecule has 0 fully saturated rings. The van der Waals surface area contributed by atoms with Crippen LogP contribution in [0.5, 0.6) is 5.75 Å². The second-order valence-corrected chi connectivity index (χ2v) is 3.75. The highest BCUT2D eigenvalue weighted by Gasteiger charge is 2.17. The molecule has 0 aromatic heterocycles. The predicted molar refractivity (Wildman–Crippen MR) is 61.7 cm³/mol. The lowest BCUT2D eigenvalue weighted by atomic mass is 10.1. The summed E-state index contributed by atoms with van der Waals surface area (Å²) >= 11 is 3.28. The van der Waals surface area contributed by atoms with Crippen LogP contribution in [-0.4, -0.2) is 25.5 Å². The number of ether oxygens (including phenoxy) is 2. The van der Waals surface area contributed by atoms with Crippen LogP contribution in [0.15, 0.2) is 22.7 Å². The van der Waals surface area contributed by atoms with E-state index in [1.807, 2.05) is 6.92 Å². The summed E-state index contributed by atoms with van der Waals surface area (Å²) in [6.07, 6.45) is 0. The van der Waals surface area contributed by atoms with Gasteiger partial charge in [0, 0.05) is 5.56 Å². The molecule has 4 nitrogen and oxygen atoms in total. The van der Waals surface area contributed by atoms with Crippen LogP contribution in [0.25, 0.3) is 0 Å². The second-order valence-electron chi connectivity index (χ2n) is 2.90. The van der Waals surface area contributed by atoms with Crippen molar-refractivity contribution in [2.45, 2.75) is 6.92 Å². The van der Waals surface area contributed by atoms with Crippen molar-refractivity contribution in [2.75, 3.05) is 13.7 Å². The number of hydrogen-bond acceptors (Lipinski definition) is 4. The third-order valence-corrected chi connectivity index (χ3v) is 2.52. The zero-order chi connectivity index (χ0) is 12.1. The van der Waals surface area contributed by atoms with Crippen LogP contribution < -0.4 is 4.74 Å². The molecule has 86 valence electrons. The van der Waals surface area contributed by atoms with Crippen molar-refractivity contribution >= 4 is 27.7 Å². The van der Waals surface area contributed by atoms with E-state index in [2.05, 4.69) is 20.7 Å². The standard InChI is InChI=1S/C11H11BrO4/c1-3-16-9-6-7(4-5-8(9)12)10(13)11(14)15-2/h4-6H,3H2,1-2H3. The van der Waals surface area contributed by atoms with Crippen LogP contribution in [0.4, 0.5) is 0 Å². The van der Waals surface area contributed by atoms with Crippen LogP contribution >= 0.6 is 15.9 Å². The van der Waals surface area contributed by atoms with E-state index in [1.165, 1.54) is 19.2 Å². The number of ketones is 1. The fraction of sp³-hybridized carbons (Fsp3) is 0.273. The largest absolute Gasteiger partial charge is 0.493 e. The van der Waals surface area contributed by atoms with Gasteiger partial charge in [-0.05, 0) is 41.1 Å². The minimum absolute atomic E-state index is 0.249. The summed E-state index contributed by atoms with van der Waals surface area (Å²) < 4.78 is 10.4. The van der Waals surface area contributed by atoms with Crippen molar-refractivity contribution < 1.29 is 19.1 Å². The molecule has 1 aromatic carbocycles. The molecule has 0 aliphatic carbocycles. The number of benzene rings is 1. The Kier molecular flexibility index (Phi) is 4.49. The maximum absolute atomic E-state index is 11.5. The van der Waals surface area contributed by atoms with Gasteiger partial charge in [0.15, 0.2) is 0 Å². The highest BCUT2D eigenvalue weighted by Crippen LogP contribution is 2.26. The minimum atomic E-state index is -0.884. The lowest BCUT2D eigenvalue weighted by Crippen LogP contribution is -2.15. The Balaban J connectivity index is 3.02. The molecule has 16 heavy (non-hydrogen) atoms. The quantitative estimate of drug-likeness (QED) is 0.484. The van der Waals surface area contributed by atoms with E-state index in [0.717, 1.165) is 4.47 Å². The predicted octanol–water partition coefficient (Wildman–Crippen LogP) is 2.20. The van der Waals surface area contributed by atoms with E-state index in [-0.39, 0.29) is 5.56 Å². The Morgan fingerprint density at radius 1 is 1.38 bits per heavy atom. The highest BCUT2D eigenvalue weighted by molar-refractivity contribution is 9.10. The van der Waals surface area contributed by atoms with Gasteiger partial charge in [-0.1, -0.05) is 0 Å². The average molecular weight is 287 g/mol. The monoisotopic (exact) mass is 286 g/mol. The van der Waals surface area contributed by atoms with Gasteiger partial charge in [0.1, 0.15) is 5.75 Å². The topological polar surface area (TPSA) is 52.6 Å². The number of methoxy groups -OCH3 is 1. The zero-order valence-electron chi connectivity index (χ0n) is 8.95. The summed E-state index contributed by atoms with van der Waals surface area (Å²) in [4.78, 5) is 22.5. The maximum atomic E-state index is 11.5. The van der Waals surface area contributed by atoms with Crippen molar-refractivity contribution in [2.24, 2.45) is 0 Å². The van der Waals surface area contributed by atoms with Crippen molar-refractivity contribution in [1.29, 1.82) is 0 Å². The second kappa shape index (κ2) is 5.65. The van der Waals surface area contributed by atoms with Gasteiger partial charge in [0.2, 0.25) is 0 Å². The molecule has 0 atom stereocenters. The summed E-state index contributed by atoms with van der Waals surface area (Å²) in [6.45, 7) is 2.32. The van der Waals surface area contributed by atoms with E-state index in [1.54, 1.807) is 6.07 Å². The molecule has 1 aromatic rings. The fourth-order valence-corrected chi connectivity index (χ4v) is 1.48. The molecule has 0 saturated heterocycles. The molecule has 1 rings (SSSR count). The van der Waals surface area contributed by atoms with Crippen LogP contribution in [-0.2, 0) is 9.53 Å². The van der Waals surface area contributed by atoms with Crippen LogP contribution in [0.1, 0.15) is 17.3 Å². The van der Waals surface area contributed by atoms with Crippen LogP contribution in [0.2, 0.25) is 0 Å². The molecule has 0 amide bonds. The summed E-state index contributed by atoms with van der Waals surface area (Å²) in [7, 11) is 1.17. The van der Waals surface area contributed by atoms with Crippen molar-refractivity contribution in [3.63, 3.8) is 0 Å². The summed E-state index contributed by atoms with van der Waals surface area (Å²) in [6, 6.07) is 4.69. The maximum Gasteiger partial charge on any atom is 0.379 e. The van der Waals surface area contributed by atoms with Crippen molar-refractivity contribution in [1.82, 2.24) is 0 Å². The minimum Gasteiger partial charge on any atom is -0.493 e. The molecule has 0 N–H and O–H groups in total. The van der Waals surface area contributed by atoms with Crippen molar-refractivity contribution in [3.8, 4) is 5.75 Å². The lowest BCUT2D eigenvalue weighted by molar-refractivity contribution is -0.135. The molecule has 0 spiro atoms. The summed E-state index contributed by atoms with van der Waals surface area (Å²) in [5.41, 5.74) is 0.249. The van der Waals surface area contributed by atoms with E-state index in [4.69, 9.17) is 4.74 Å². The molecular weight excluding hydrogens is 276 g/mol. The molecule has 5 heteroatoms. The number of carbonyl (C=O) groups excluding carboxylic acids is 2. The Morgan fingerprint density at radius 3 is 2.62 bits per heavy atom. The lowest BCUT2D eigenvalue weighted by Gasteiger charge is -2.07. The van der Waals surface area contributed by atoms with E-state index in [9.17, 15) is 9.59 Å². The Labute approximate surface area is 102 Å². The van der Waals surface area contributed by atoms with Gasteiger partial charge >= 0.3 is 5.97 Å². The molecule has 0 radical (unpaired) electrons. The van der Waals surface area contributed by atoms with Crippen LogP contribution in [0, 0.1) is 0 Å². The Hall–Kier alpha value is -1.36. The highest BCUT2D eigenvalue weighted by atomic mass is 79.9. The molecular formula is C11H11BrO4. The van der Waals surface area contributed by atoms with Gasteiger partial charge in [-0.25, -0.2) is 4.79 Å². The number of carbonyl (C=O) groups is 2. The molecule has 0 saturated carbocycles. The zero-order valence-corrected chi connectivity index (χ0v) is 10.5. The average Bonchev–Trinajstić information content (AvgIpc) is 2.30. The van der Waals surface area contributed by atoms with Gasteiger partial charge in [-0.15, -0.1) is 0 Å². The SMILES string of the molecule is CCOc1cc(C(=O)C(=O)OC)ccc1Br. The van der Waals surface area contributed by atoms with E-state index < -0.39 is 11.8 Å². The first kappa shape index (κ1) is 12.7. The number of rotatable bonds is 4. The van der Waals surface area contributed by atoms with Gasteiger partial charge in [-0.3, -0.25) is 4.79 Å². The summed E-state index contributed by atoms with van der Waals surface area (Å²) in [5.74, 6) is -1.04. The number of halogens is 1. The number of esters is 1. The normalized spacial score (nSPS) is 9.69. The van der Waals surface area contributed by atoms with Gasteiger partial charge in [-0.2, -0.15) is 0 Å².